The van der Waals surface area contributed by atoms with Crippen molar-refractivity contribution in [3.8, 4) is 16.8 Å². The maximum absolute atomic E-state index is 11.2. The molecule has 1 aromatic heterocycles. The van der Waals surface area contributed by atoms with Crippen molar-refractivity contribution in [3.05, 3.63) is 72.2 Å². The van der Waals surface area contributed by atoms with Gasteiger partial charge in [-0.05, 0) is 18.2 Å². The number of nitrogens with zero attached hydrogens (tertiary/aromatic N) is 2. The van der Waals surface area contributed by atoms with E-state index in [4.69, 9.17) is 0 Å². The fourth-order valence-corrected chi connectivity index (χ4v) is 2.11. The molecule has 5 nitrogen and oxygen atoms in total. The fourth-order valence-electron chi connectivity index (χ4n) is 2.11. The van der Waals surface area contributed by atoms with E-state index in [-0.39, 0.29) is 5.69 Å². The van der Waals surface area contributed by atoms with Gasteiger partial charge in [-0.3, -0.25) is 0 Å². The summed E-state index contributed by atoms with van der Waals surface area (Å²) in [6, 6.07) is 16.6. The minimum absolute atomic E-state index is 0.278. The van der Waals surface area contributed by atoms with E-state index in [1.807, 2.05) is 42.6 Å². The Morgan fingerprint density at radius 1 is 1.00 bits per heavy atom. The highest BCUT2D eigenvalue weighted by Gasteiger charge is 2.12. The minimum atomic E-state index is -0.937. The molecule has 5 heteroatoms. The molecule has 100 valence electrons. The molecule has 0 radical (unpaired) electrons. The van der Waals surface area contributed by atoms with Crippen LogP contribution in [0.3, 0.4) is 0 Å². The molecular weight excluding hydrogens is 254 g/mol. The van der Waals surface area contributed by atoms with Crippen molar-refractivity contribution in [1.29, 1.82) is 0 Å². The number of nitrogens with one attached hydrogen (secondary N) is 1. The van der Waals surface area contributed by atoms with Crippen molar-refractivity contribution in [3.63, 3.8) is 0 Å². The summed E-state index contributed by atoms with van der Waals surface area (Å²) >= 11 is 0. The Kier molecular flexibility index (Phi) is 3.30. The third-order valence-electron chi connectivity index (χ3n) is 3.07. The molecular formula is C15H13N3O2. The van der Waals surface area contributed by atoms with Crippen LogP contribution in [-0.4, -0.2) is 15.0 Å². The van der Waals surface area contributed by atoms with Crippen LogP contribution in [0, 0.1) is 5.21 Å². The maximum Gasteiger partial charge on any atom is 0.171 e. The Hall–Kier alpha value is -2.47. The smallest absolute Gasteiger partial charge is 0.171 e. The molecule has 0 aliphatic rings. The second-order valence-corrected chi connectivity index (χ2v) is 4.36. The monoisotopic (exact) mass is 267 g/mol. The number of hydrogen-bond acceptors (Lipinski definition) is 3. The van der Waals surface area contributed by atoms with Crippen LogP contribution in [0.25, 0.3) is 16.8 Å². The highest BCUT2D eigenvalue weighted by atomic mass is 16.8. The molecule has 0 aliphatic heterocycles. The Labute approximate surface area is 115 Å². The molecule has 3 rings (SSSR count). The van der Waals surface area contributed by atoms with Crippen LogP contribution in [0.2, 0.25) is 0 Å². The van der Waals surface area contributed by atoms with Gasteiger partial charge in [-0.15, -0.1) is 0 Å². The Bertz CT molecular complexity index is 708. The zero-order chi connectivity index (χ0) is 13.9. The van der Waals surface area contributed by atoms with Crippen molar-refractivity contribution >= 4 is 5.69 Å². The molecule has 1 heterocycles. The maximum atomic E-state index is 11.2. The molecule has 0 saturated heterocycles. The van der Waals surface area contributed by atoms with Gasteiger partial charge in [-0.2, -0.15) is 10.3 Å². The number of para-hydroxylation sites is 2. The molecule has 2 aromatic carbocycles. The highest BCUT2D eigenvalue weighted by Crippen LogP contribution is 2.25. The van der Waals surface area contributed by atoms with Crippen molar-refractivity contribution in [2.75, 3.05) is 0 Å². The summed E-state index contributed by atoms with van der Waals surface area (Å²) in [6.07, 6.45) is 3.51. The lowest BCUT2D eigenvalue weighted by Crippen LogP contribution is -2.99. The van der Waals surface area contributed by atoms with E-state index in [2.05, 4.69) is 5.10 Å². The summed E-state index contributed by atoms with van der Waals surface area (Å²) in [6.45, 7) is 0. The predicted octanol–water partition coefficient (Wildman–Crippen LogP) is 1.94. The second-order valence-electron chi connectivity index (χ2n) is 4.36. The first-order valence-electron chi connectivity index (χ1n) is 6.18. The summed E-state index contributed by atoms with van der Waals surface area (Å²) in [4.78, 5) is 0. The van der Waals surface area contributed by atoms with Crippen LogP contribution in [0.1, 0.15) is 0 Å². The van der Waals surface area contributed by atoms with Crippen LogP contribution >= 0.6 is 0 Å². The zero-order valence-corrected chi connectivity index (χ0v) is 10.6. The lowest BCUT2D eigenvalue weighted by molar-refractivity contribution is -0.991. The minimum Gasteiger partial charge on any atom is -0.595 e. The average Bonchev–Trinajstić information content (AvgIpc) is 2.98. The molecule has 0 amide bonds. The first-order chi connectivity index (χ1) is 9.75. The third-order valence-corrected chi connectivity index (χ3v) is 3.07. The molecule has 0 fully saturated rings. The number of hydrogen-bond donors (Lipinski definition) is 2. The lowest BCUT2D eigenvalue weighted by Gasteiger charge is -2.14. The van der Waals surface area contributed by atoms with Gasteiger partial charge in [-0.1, -0.05) is 30.3 Å². The number of benzene rings is 2. The van der Waals surface area contributed by atoms with Crippen molar-refractivity contribution in [2.45, 2.75) is 0 Å². The van der Waals surface area contributed by atoms with Gasteiger partial charge < -0.3 is 5.21 Å². The first-order valence-corrected chi connectivity index (χ1v) is 6.18. The molecule has 1 atom stereocenters. The first kappa shape index (κ1) is 12.6. The molecule has 0 saturated carbocycles. The standard InChI is InChI=1S/C15H13N3O2/c19-18(20)15-9-5-4-8-14(15)12-10-16-17(11-12)13-6-2-1-3-7-13/h1-11,18-19H. The van der Waals surface area contributed by atoms with Gasteiger partial charge in [-0.25, -0.2) is 9.89 Å². The quantitative estimate of drug-likeness (QED) is 0.713. The van der Waals surface area contributed by atoms with Crippen LogP contribution in [0.15, 0.2) is 67.0 Å². The van der Waals surface area contributed by atoms with Gasteiger partial charge in [0, 0.05) is 23.4 Å². The highest BCUT2D eigenvalue weighted by molar-refractivity contribution is 5.72. The van der Waals surface area contributed by atoms with Gasteiger partial charge in [0.05, 0.1) is 11.9 Å². The molecule has 0 spiro atoms. The third kappa shape index (κ3) is 2.33. The van der Waals surface area contributed by atoms with E-state index in [1.54, 1.807) is 29.1 Å². The SMILES string of the molecule is [O-][NH+](O)c1ccccc1-c1cnn(-c2ccccc2)c1. The van der Waals surface area contributed by atoms with Gasteiger partial charge in [0.2, 0.25) is 0 Å². The number of aromatic nitrogens is 2. The van der Waals surface area contributed by atoms with E-state index < -0.39 is 5.23 Å². The van der Waals surface area contributed by atoms with Gasteiger partial charge in [0.15, 0.2) is 5.69 Å². The van der Waals surface area contributed by atoms with Crippen molar-refractivity contribution < 1.29 is 10.4 Å². The summed E-state index contributed by atoms with van der Waals surface area (Å²) in [7, 11) is 0. The van der Waals surface area contributed by atoms with Gasteiger partial charge in [0.1, 0.15) is 0 Å². The van der Waals surface area contributed by atoms with Crippen molar-refractivity contribution in [1.82, 2.24) is 9.78 Å². The predicted molar refractivity (Wildman–Crippen MR) is 74.8 cm³/mol. The van der Waals surface area contributed by atoms with E-state index >= 15 is 0 Å². The Morgan fingerprint density at radius 3 is 2.45 bits per heavy atom. The molecule has 1 unspecified atom stereocenters. The van der Waals surface area contributed by atoms with Crippen molar-refractivity contribution in [2.24, 2.45) is 0 Å². The topological polar surface area (TPSA) is 65.6 Å². The molecule has 2 N–H and O–H groups in total. The average molecular weight is 267 g/mol. The molecule has 0 bridgehead atoms. The zero-order valence-electron chi connectivity index (χ0n) is 10.6. The van der Waals surface area contributed by atoms with Crippen LogP contribution in [-0.2, 0) is 0 Å². The van der Waals surface area contributed by atoms with Crippen LogP contribution in [0.4, 0.5) is 5.69 Å². The molecule has 0 aliphatic carbocycles. The summed E-state index contributed by atoms with van der Waals surface area (Å²) in [5.41, 5.74) is 2.67. The number of quaternary nitrogens is 1. The molecule has 20 heavy (non-hydrogen) atoms. The fraction of sp³-hybridized carbons (Fsp3) is 0. The number of rotatable bonds is 3. The van der Waals surface area contributed by atoms with Crippen LogP contribution in [0.5, 0.6) is 0 Å². The van der Waals surface area contributed by atoms with E-state index in [1.165, 1.54) is 0 Å². The summed E-state index contributed by atoms with van der Waals surface area (Å²) < 4.78 is 1.73. The van der Waals surface area contributed by atoms with Crippen LogP contribution < -0.4 is 5.23 Å². The lowest BCUT2D eigenvalue weighted by atomic mass is 10.1. The summed E-state index contributed by atoms with van der Waals surface area (Å²) in [5.74, 6) is 0. The Morgan fingerprint density at radius 2 is 1.70 bits per heavy atom. The van der Waals surface area contributed by atoms with Gasteiger partial charge in [0.25, 0.3) is 0 Å². The van der Waals surface area contributed by atoms with Gasteiger partial charge >= 0.3 is 0 Å². The summed E-state index contributed by atoms with van der Waals surface area (Å²) in [5, 5.41) is 23.8. The van der Waals surface area contributed by atoms with E-state index in [0.29, 0.717) is 5.56 Å². The van der Waals surface area contributed by atoms with E-state index in [0.717, 1.165) is 11.3 Å². The largest absolute Gasteiger partial charge is 0.595 e. The second kappa shape index (κ2) is 5.26. The Balaban J connectivity index is 2.03. The van der Waals surface area contributed by atoms with E-state index in [9.17, 15) is 10.4 Å². The normalized spacial score (nSPS) is 12.3. The molecule has 3 aromatic rings.